The number of nitrogens with zero attached hydrogens (tertiary/aromatic N) is 2. The normalized spacial score (nSPS) is 15.4. The quantitative estimate of drug-likeness (QED) is 0.704. The summed E-state index contributed by atoms with van der Waals surface area (Å²) in [7, 11) is 1.58. The zero-order chi connectivity index (χ0) is 10.6. The monoisotopic (exact) mass is 201 g/mol. The lowest BCUT2D eigenvalue weighted by Gasteiger charge is -2.06. The summed E-state index contributed by atoms with van der Waals surface area (Å²) in [6.07, 6.45) is 0.572. The van der Waals surface area contributed by atoms with E-state index < -0.39 is 6.04 Å². The molecule has 2 atom stereocenters. The minimum atomic E-state index is -0.620. The Morgan fingerprint density at radius 1 is 1.64 bits per heavy atom. The number of methoxy groups -OCH3 is 1. The molecule has 0 amide bonds. The van der Waals surface area contributed by atoms with E-state index in [4.69, 9.17) is 20.1 Å². The molecule has 3 N–H and O–H groups in total. The Hall–Kier alpha value is -0.980. The molecule has 6 heteroatoms. The number of hydrogen-bond acceptors (Lipinski definition) is 6. The molecule has 1 heterocycles. The van der Waals surface area contributed by atoms with Crippen LogP contribution in [-0.2, 0) is 4.74 Å². The van der Waals surface area contributed by atoms with Crippen molar-refractivity contribution in [2.24, 2.45) is 5.73 Å². The molecular formula is C8H15N3O3. The fourth-order valence-electron chi connectivity index (χ4n) is 1.06. The van der Waals surface area contributed by atoms with Crippen molar-refractivity contribution in [3.05, 3.63) is 11.7 Å². The van der Waals surface area contributed by atoms with Gasteiger partial charge in [-0.3, -0.25) is 0 Å². The topological polar surface area (TPSA) is 94.4 Å². The van der Waals surface area contributed by atoms with Gasteiger partial charge >= 0.3 is 0 Å². The van der Waals surface area contributed by atoms with E-state index in [0.29, 0.717) is 5.82 Å². The third kappa shape index (κ3) is 2.28. The Labute approximate surface area is 82.1 Å². The summed E-state index contributed by atoms with van der Waals surface area (Å²) < 4.78 is 10.00. The molecule has 0 aliphatic rings. The minimum Gasteiger partial charge on any atom is -0.394 e. The van der Waals surface area contributed by atoms with Crippen molar-refractivity contribution in [1.29, 1.82) is 0 Å². The van der Waals surface area contributed by atoms with Gasteiger partial charge in [0.05, 0.1) is 6.61 Å². The largest absolute Gasteiger partial charge is 0.394 e. The maximum Gasteiger partial charge on any atom is 0.246 e. The highest BCUT2D eigenvalue weighted by Crippen LogP contribution is 2.18. The van der Waals surface area contributed by atoms with E-state index in [0.717, 1.165) is 6.42 Å². The maximum absolute atomic E-state index is 8.77. The van der Waals surface area contributed by atoms with Gasteiger partial charge in [-0.1, -0.05) is 12.1 Å². The lowest BCUT2D eigenvalue weighted by molar-refractivity contribution is 0.0903. The summed E-state index contributed by atoms with van der Waals surface area (Å²) in [4.78, 5) is 4.04. The highest BCUT2D eigenvalue weighted by Gasteiger charge is 2.18. The molecular weight excluding hydrogens is 186 g/mol. The van der Waals surface area contributed by atoms with Gasteiger partial charge in [0, 0.05) is 7.11 Å². The van der Waals surface area contributed by atoms with Gasteiger partial charge in [0.1, 0.15) is 12.1 Å². The first kappa shape index (κ1) is 11.1. The second-order valence-corrected chi connectivity index (χ2v) is 2.91. The third-order valence-electron chi connectivity index (χ3n) is 1.91. The average Bonchev–Trinajstić information content (AvgIpc) is 2.68. The summed E-state index contributed by atoms with van der Waals surface area (Å²) in [5.41, 5.74) is 5.50. The molecule has 1 aromatic rings. The van der Waals surface area contributed by atoms with Crippen molar-refractivity contribution in [2.45, 2.75) is 25.5 Å². The number of nitrogens with two attached hydrogens (primary N) is 1. The predicted octanol–water partition coefficient (Wildman–Crippen LogP) is 0.159. The number of aromatic nitrogens is 2. The molecule has 80 valence electrons. The lowest BCUT2D eigenvalue weighted by Crippen LogP contribution is -2.15. The smallest absolute Gasteiger partial charge is 0.246 e. The van der Waals surface area contributed by atoms with Crippen molar-refractivity contribution in [1.82, 2.24) is 10.1 Å². The van der Waals surface area contributed by atoms with Crippen LogP contribution in [0.2, 0.25) is 0 Å². The first-order valence-electron chi connectivity index (χ1n) is 4.45. The molecule has 0 spiro atoms. The van der Waals surface area contributed by atoms with Crippen LogP contribution in [0.4, 0.5) is 0 Å². The molecule has 0 bridgehead atoms. The molecule has 6 nitrogen and oxygen atoms in total. The van der Waals surface area contributed by atoms with E-state index in [1.807, 2.05) is 6.92 Å². The summed E-state index contributed by atoms with van der Waals surface area (Å²) in [5.74, 6) is 0.701. The molecule has 0 aromatic carbocycles. The first-order chi connectivity index (χ1) is 6.72. The molecule has 14 heavy (non-hydrogen) atoms. The van der Waals surface area contributed by atoms with Crippen LogP contribution in [-0.4, -0.2) is 29.0 Å². The Morgan fingerprint density at radius 2 is 2.36 bits per heavy atom. The zero-order valence-electron chi connectivity index (χ0n) is 8.30. The molecule has 0 aliphatic heterocycles. The van der Waals surface area contributed by atoms with Crippen molar-refractivity contribution in [3.63, 3.8) is 0 Å². The standard InChI is InChI=1S/C8H15N3O3/c1-3-6(13-2)7-10-8(14-11-7)5(9)4-12/h5-6,12H,3-4,9H2,1-2H3. The van der Waals surface area contributed by atoms with Gasteiger partial charge in [-0.05, 0) is 6.42 Å². The lowest BCUT2D eigenvalue weighted by atomic mass is 10.2. The highest BCUT2D eigenvalue weighted by atomic mass is 16.5. The Bertz CT molecular complexity index is 273. The first-order valence-corrected chi connectivity index (χ1v) is 4.45. The van der Waals surface area contributed by atoms with Gasteiger partial charge < -0.3 is 20.1 Å². The molecule has 0 saturated carbocycles. The van der Waals surface area contributed by atoms with Gasteiger partial charge in [-0.15, -0.1) is 0 Å². The summed E-state index contributed by atoms with van der Waals surface area (Å²) in [5, 5.41) is 12.5. The van der Waals surface area contributed by atoms with E-state index in [2.05, 4.69) is 10.1 Å². The van der Waals surface area contributed by atoms with Crippen LogP contribution in [0.25, 0.3) is 0 Å². The van der Waals surface area contributed by atoms with E-state index in [9.17, 15) is 0 Å². The average molecular weight is 201 g/mol. The van der Waals surface area contributed by atoms with Gasteiger partial charge in [0.25, 0.3) is 0 Å². The summed E-state index contributed by atoms with van der Waals surface area (Å²) >= 11 is 0. The zero-order valence-corrected chi connectivity index (χ0v) is 8.30. The Morgan fingerprint density at radius 3 is 2.86 bits per heavy atom. The minimum absolute atomic E-state index is 0.182. The van der Waals surface area contributed by atoms with Gasteiger partial charge in [0.2, 0.25) is 11.7 Å². The van der Waals surface area contributed by atoms with Gasteiger partial charge in [-0.2, -0.15) is 4.98 Å². The van der Waals surface area contributed by atoms with Gasteiger partial charge in [-0.25, -0.2) is 0 Å². The fraction of sp³-hybridized carbons (Fsp3) is 0.750. The van der Waals surface area contributed by atoms with Crippen molar-refractivity contribution in [2.75, 3.05) is 13.7 Å². The van der Waals surface area contributed by atoms with Crippen molar-refractivity contribution >= 4 is 0 Å². The number of aliphatic hydroxyl groups is 1. The van der Waals surface area contributed by atoms with Crippen LogP contribution < -0.4 is 5.73 Å². The SMILES string of the molecule is CCC(OC)c1noc(C(N)CO)n1. The molecule has 0 radical (unpaired) electrons. The van der Waals surface area contributed by atoms with Crippen LogP contribution in [0.3, 0.4) is 0 Å². The predicted molar refractivity (Wildman–Crippen MR) is 48.4 cm³/mol. The Kier molecular flexibility index (Phi) is 3.99. The molecule has 0 aliphatic carbocycles. The molecule has 1 rings (SSSR count). The van der Waals surface area contributed by atoms with Crippen LogP contribution >= 0.6 is 0 Å². The van der Waals surface area contributed by atoms with E-state index in [-0.39, 0.29) is 18.6 Å². The van der Waals surface area contributed by atoms with Crippen LogP contribution in [0, 0.1) is 0 Å². The summed E-state index contributed by atoms with van der Waals surface area (Å²) in [6.45, 7) is 1.74. The van der Waals surface area contributed by atoms with E-state index >= 15 is 0 Å². The number of ether oxygens (including phenoxy) is 1. The van der Waals surface area contributed by atoms with Crippen LogP contribution in [0.1, 0.15) is 37.2 Å². The van der Waals surface area contributed by atoms with E-state index in [1.165, 1.54) is 0 Å². The van der Waals surface area contributed by atoms with E-state index in [1.54, 1.807) is 7.11 Å². The fourth-order valence-corrected chi connectivity index (χ4v) is 1.06. The third-order valence-corrected chi connectivity index (χ3v) is 1.91. The number of aliphatic hydroxyl groups excluding tert-OH is 1. The molecule has 1 aromatic heterocycles. The second-order valence-electron chi connectivity index (χ2n) is 2.91. The maximum atomic E-state index is 8.77. The van der Waals surface area contributed by atoms with Crippen LogP contribution in [0.15, 0.2) is 4.52 Å². The Balaban J connectivity index is 2.76. The highest BCUT2D eigenvalue weighted by molar-refractivity contribution is 4.94. The van der Waals surface area contributed by atoms with Gasteiger partial charge in [0.15, 0.2) is 0 Å². The number of hydrogen-bond donors (Lipinski definition) is 2. The summed E-state index contributed by atoms with van der Waals surface area (Å²) in [6, 6.07) is -0.620. The van der Waals surface area contributed by atoms with Crippen molar-refractivity contribution < 1.29 is 14.4 Å². The van der Waals surface area contributed by atoms with Crippen molar-refractivity contribution in [3.8, 4) is 0 Å². The molecule has 2 unspecified atom stereocenters. The second kappa shape index (κ2) is 5.04. The number of rotatable bonds is 5. The molecule has 0 saturated heterocycles. The van der Waals surface area contributed by atoms with Crippen LogP contribution in [0.5, 0.6) is 0 Å². The molecule has 0 fully saturated rings.